The summed E-state index contributed by atoms with van der Waals surface area (Å²) in [6.45, 7) is 6.94. The predicted octanol–water partition coefficient (Wildman–Crippen LogP) is 4.13. The minimum absolute atomic E-state index is 0.755. The SMILES string of the molecule is CC(C)CNCC1CCCCCC1Cc1cncs1. The van der Waals surface area contributed by atoms with Gasteiger partial charge in [0.1, 0.15) is 0 Å². The predicted molar refractivity (Wildman–Crippen MR) is 83.6 cm³/mol. The lowest BCUT2D eigenvalue weighted by Gasteiger charge is -2.25. The summed E-state index contributed by atoms with van der Waals surface area (Å²) in [7, 11) is 0. The van der Waals surface area contributed by atoms with Crippen molar-refractivity contribution in [2.75, 3.05) is 13.1 Å². The van der Waals surface area contributed by atoms with Crippen molar-refractivity contribution < 1.29 is 0 Å². The fourth-order valence-electron chi connectivity index (χ4n) is 3.16. The number of thiazole rings is 1. The van der Waals surface area contributed by atoms with E-state index in [1.807, 2.05) is 16.8 Å². The zero-order valence-electron chi connectivity index (χ0n) is 12.4. The van der Waals surface area contributed by atoms with E-state index >= 15 is 0 Å². The lowest BCUT2D eigenvalue weighted by atomic mass is 9.85. The summed E-state index contributed by atoms with van der Waals surface area (Å²) in [6, 6.07) is 0. The molecule has 1 N–H and O–H groups in total. The van der Waals surface area contributed by atoms with Gasteiger partial charge in [0, 0.05) is 11.1 Å². The topological polar surface area (TPSA) is 24.9 Å². The first-order valence-corrected chi connectivity index (χ1v) is 8.71. The fourth-order valence-corrected chi connectivity index (χ4v) is 3.85. The van der Waals surface area contributed by atoms with Crippen LogP contribution in [0.5, 0.6) is 0 Å². The summed E-state index contributed by atoms with van der Waals surface area (Å²) in [4.78, 5) is 5.70. The Morgan fingerprint density at radius 3 is 2.74 bits per heavy atom. The Bertz CT molecular complexity index is 335. The fraction of sp³-hybridized carbons (Fsp3) is 0.812. The van der Waals surface area contributed by atoms with Gasteiger partial charge in [-0.1, -0.05) is 33.1 Å². The minimum atomic E-state index is 0.755. The van der Waals surface area contributed by atoms with E-state index in [0.29, 0.717) is 0 Å². The normalized spacial score (nSPS) is 24.6. The molecule has 0 radical (unpaired) electrons. The molecule has 0 amide bonds. The third-order valence-corrected chi connectivity index (χ3v) is 5.02. The van der Waals surface area contributed by atoms with Crippen molar-refractivity contribution >= 4 is 11.3 Å². The molecule has 0 spiro atoms. The van der Waals surface area contributed by atoms with Gasteiger partial charge < -0.3 is 5.32 Å². The summed E-state index contributed by atoms with van der Waals surface area (Å²) < 4.78 is 0. The average molecular weight is 280 g/mol. The second kappa shape index (κ2) is 8.01. The molecule has 1 aromatic heterocycles. The number of hydrogen-bond acceptors (Lipinski definition) is 3. The molecular formula is C16H28N2S. The van der Waals surface area contributed by atoms with Crippen LogP contribution in [0.2, 0.25) is 0 Å². The standard InChI is InChI=1S/C16H28N2S/c1-13(2)9-17-10-15-7-5-3-4-6-14(15)8-16-11-18-12-19-16/h11-15,17H,3-10H2,1-2H3. The van der Waals surface area contributed by atoms with Crippen LogP contribution in [-0.4, -0.2) is 18.1 Å². The molecular weight excluding hydrogens is 252 g/mol. The van der Waals surface area contributed by atoms with Crippen LogP contribution in [0, 0.1) is 17.8 Å². The van der Waals surface area contributed by atoms with E-state index in [2.05, 4.69) is 30.3 Å². The monoisotopic (exact) mass is 280 g/mol. The molecule has 0 saturated heterocycles. The van der Waals surface area contributed by atoms with Crippen LogP contribution >= 0.6 is 11.3 Å². The number of aromatic nitrogens is 1. The molecule has 1 aliphatic carbocycles. The molecule has 19 heavy (non-hydrogen) atoms. The summed E-state index contributed by atoms with van der Waals surface area (Å²) in [6.07, 6.45) is 10.4. The van der Waals surface area contributed by atoms with Crippen molar-refractivity contribution in [3.63, 3.8) is 0 Å². The first kappa shape index (κ1) is 15.0. The number of nitrogens with zero attached hydrogens (tertiary/aromatic N) is 1. The summed E-state index contributed by atoms with van der Waals surface area (Å²) in [5.41, 5.74) is 1.97. The van der Waals surface area contributed by atoms with Gasteiger partial charge in [0.2, 0.25) is 0 Å². The Morgan fingerprint density at radius 1 is 1.26 bits per heavy atom. The minimum Gasteiger partial charge on any atom is -0.316 e. The van der Waals surface area contributed by atoms with Crippen LogP contribution in [0.25, 0.3) is 0 Å². The summed E-state index contributed by atoms with van der Waals surface area (Å²) in [5, 5.41) is 3.68. The van der Waals surface area contributed by atoms with Crippen LogP contribution in [0.4, 0.5) is 0 Å². The van der Waals surface area contributed by atoms with Crippen LogP contribution < -0.4 is 5.32 Å². The molecule has 1 saturated carbocycles. The van der Waals surface area contributed by atoms with E-state index in [9.17, 15) is 0 Å². The second-order valence-corrected chi connectivity index (χ2v) is 7.35. The molecule has 0 bridgehead atoms. The van der Waals surface area contributed by atoms with E-state index in [4.69, 9.17) is 0 Å². The van der Waals surface area contributed by atoms with Crippen molar-refractivity contribution in [2.45, 2.75) is 52.4 Å². The van der Waals surface area contributed by atoms with Crippen molar-refractivity contribution in [2.24, 2.45) is 17.8 Å². The third-order valence-electron chi connectivity index (χ3n) is 4.22. The lowest BCUT2D eigenvalue weighted by Crippen LogP contribution is -2.31. The van der Waals surface area contributed by atoms with Gasteiger partial charge in [0.25, 0.3) is 0 Å². The van der Waals surface area contributed by atoms with E-state index in [0.717, 1.165) is 24.3 Å². The lowest BCUT2D eigenvalue weighted by molar-refractivity contribution is 0.295. The molecule has 108 valence electrons. The van der Waals surface area contributed by atoms with E-state index in [1.54, 1.807) is 0 Å². The van der Waals surface area contributed by atoms with Gasteiger partial charge in [0.05, 0.1) is 5.51 Å². The zero-order valence-corrected chi connectivity index (χ0v) is 13.2. The number of nitrogens with one attached hydrogen (secondary N) is 1. The Kier molecular flexibility index (Phi) is 6.32. The quantitative estimate of drug-likeness (QED) is 0.793. The summed E-state index contributed by atoms with van der Waals surface area (Å²) in [5.74, 6) is 2.48. The highest BCUT2D eigenvalue weighted by molar-refractivity contribution is 7.09. The van der Waals surface area contributed by atoms with Gasteiger partial charge in [-0.3, -0.25) is 4.98 Å². The van der Waals surface area contributed by atoms with Gasteiger partial charge in [-0.05, 0) is 50.1 Å². The first-order valence-electron chi connectivity index (χ1n) is 7.83. The van der Waals surface area contributed by atoms with Crippen LogP contribution in [0.1, 0.15) is 50.8 Å². The molecule has 1 heterocycles. The maximum absolute atomic E-state index is 4.22. The van der Waals surface area contributed by atoms with Gasteiger partial charge >= 0.3 is 0 Å². The van der Waals surface area contributed by atoms with E-state index in [1.165, 1.54) is 49.9 Å². The first-order chi connectivity index (χ1) is 9.25. The van der Waals surface area contributed by atoms with Gasteiger partial charge in [0.15, 0.2) is 0 Å². The van der Waals surface area contributed by atoms with Crippen molar-refractivity contribution in [3.05, 3.63) is 16.6 Å². The molecule has 2 rings (SSSR count). The average Bonchev–Trinajstić information content (AvgIpc) is 2.78. The molecule has 1 fully saturated rings. The Labute approximate surface area is 122 Å². The van der Waals surface area contributed by atoms with E-state index < -0.39 is 0 Å². The molecule has 1 aliphatic rings. The molecule has 2 atom stereocenters. The molecule has 2 unspecified atom stereocenters. The van der Waals surface area contributed by atoms with Crippen LogP contribution in [0.15, 0.2) is 11.7 Å². The molecule has 3 heteroatoms. The molecule has 1 aromatic rings. The van der Waals surface area contributed by atoms with Gasteiger partial charge in [-0.2, -0.15) is 0 Å². The van der Waals surface area contributed by atoms with Crippen molar-refractivity contribution in [3.8, 4) is 0 Å². The maximum atomic E-state index is 4.22. The van der Waals surface area contributed by atoms with Gasteiger partial charge in [-0.15, -0.1) is 11.3 Å². The highest BCUT2D eigenvalue weighted by Crippen LogP contribution is 2.31. The number of hydrogen-bond donors (Lipinski definition) is 1. The highest BCUT2D eigenvalue weighted by Gasteiger charge is 2.24. The molecule has 0 aliphatic heterocycles. The third kappa shape index (κ3) is 5.23. The van der Waals surface area contributed by atoms with Gasteiger partial charge in [-0.25, -0.2) is 0 Å². The van der Waals surface area contributed by atoms with Crippen LogP contribution in [0.3, 0.4) is 0 Å². The molecule has 0 aromatic carbocycles. The van der Waals surface area contributed by atoms with E-state index in [-0.39, 0.29) is 0 Å². The second-order valence-electron chi connectivity index (χ2n) is 6.38. The summed E-state index contributed by atoms with van der Waals surface area (Å²) >= 11 is 1.82. The van der Waals surface area contributed by atoms with Crippen molar-refractivity contribution in [1.29, 1.82) is 0 Å². The maximum Gasteiger partial charge on any atom is 0.0794 e. The zero-order chi connectivity index (χ0) is 13.5. The van der Waals surface area contributed by atoms with Crippen molar-refractivity contribution in [1.82, 2.24) is 10.3 Å². The highest BCUT2D eigenvalue weighted by atomic mass is 32.1. The van der Waals surface area contributed by atoms with Crippen LogP contribution in [-0.2, 0) is 6.42 Å². The largest absolute Gasteiger partial charge is 0.316 e. The Morgan fingerprint density at radius 2 is 2.05 bits per heavy atom. The Hall–Kier alpha value is -0.410. The Balaban J connectivity index is 1.87. The number of rotatable bonds is 6. The molecule has 2 nitrogen and oxygen atoms in total. The smallest absolute Gasteiger partial charge is 0.0794 e.